The van der Waals surface area contributed by atoms with E-state index in [0.29, 0.717) is 28.4 Å². The summed E-state index contributed by atoms with van der Waals surface area (Å²) in [5.41, 5.74) is 1.52. The molecule has 0 fully saturated rings. The Kier molecular flexibility index (Phi) is 5.19. The largest absolute Gasteiger partial charge is 0.497 e. The minimum absolute atomic E-state index is 0.195. The maximum atomic E-state index is 12.4. The van der Waals surface area contributed by atoms with Crippen molar-refractivity contribution in [2.24, 2.45) is 0 Å². The molecule has 0 spiro atoms. The molecule has 2 amide bonds. The predicted octanol–water partition coefficient (Wildman–Crippen LogP) is 2.91. The molecule has 120 valence electrons. The van der Waals surface area contributed by atoms with Gasteiger partial charge in [-0.15, -0.1) is 0 Å². The van der Waals surface area contributed by atoms with E-state index in [2.05, 4.69) is 10.6 Å². The molecule has 0 aliphatic heterocycles. The second kappa shape index (κ2) is 7.31. The van der Waals surface area contributed by atoms with Crippen LogP contribution in [0.15, 0.2) is 42.5 Å². The highest BCUT2D eigenvalue weighted by molar-refractivity contribution is 6.06. The van der Waals surface area contributed by atoms with Crippen LogP contribution in [0.4, 0.5) is 11.4 Å². The van der Waals surface area contributed by atoms with E-state index in [1.165, 1.54) is 14.0 Å². The van der Waals surface area contributed by atoms with Crippen LogP contribution in [0.25, 0.3) is 0 Å². The molecule has 0 radical (unpaired) electrons. The van der Waals surface area contributed by atoms with Gasteiger partial charge in [-0.2, -0.15) is 0 Å². The van der Waals surface area contributed by atoms with Gasteiger partial charge in [-0.25, -0.2) is 0 Å². The third-order valence-corrected chi connectivity index (χ3v) is 3.10. The van der Waals surface area contributed by atoms with Crippen LogP contribution in [0, 0.1) is 0 Å². The van der Waals surface area contributed by atoms with Crippen molar-refractivity contribution >= 4 is 23.2 Å². The van der Waals surface area contributed by atoms with E-state index < -0.39 is 0 Å². The zero-order chi connectivity index (χ0) is 16.8. The normalized spacial score (nSPS) is 9.87. The Labute approximate surface area is 134 Å². The average molecular weight is 314 g/mol. The Hall–Kier alpha value is -3.02. The Morgan fingerprint density at radius 2 is 1.74 bits per heavy atom. The van der Waals surface area contributed by atoms with Crippen molar-refractivity contribution < 1.29 is 19.1 Å². The monoisotopic (exact) mass is 314 g/mol. The summed E-state index contributed by atoms with van der Waals surface area (Å²) in [6, 6.07) is 11.8. The zero-order valence-electron chi connectivity index (χ0n) is 13.2. The molecule has 2 N–H and O–H groups in total. The summed E-state index contributed by atoms with van der Waals surface area (Å²) in [5.74, 6) is 0.628. The van der Waals surface area contributed by atoms with Crippen molar-refractivity contribution in [3.63, 3.8) is 0 Å². The topological polar surface area (TPSA) is 76.7 Å². The number of hydrogen-bond donors (Lipinski definition) is 2. The summed E-state index contributed by atoms with van der Waals surface area (Å²) in [6.45, 7) is 1.41. The fourth-order valence-electron chi connectivity index (χ4n) is 2.04. The number of benzene rings is 2. The van der Waals surface area contributed by atoms with E-state index in [4.69, 9.17) is 9.47 Å². The predicted molar refractivity (Wildman–Crippen MR) is 88.2 cm³/mol. The molecule has 0 heterocycles. The molecule has 6 nitrogen and oxygen atoms in total. The van der Waals surface area contributed by atoms with Crippen LogP contribution >= 0.6 is 0 Å². The number of ether oxygens (including phenoxy) is 2. The van der Waals surface area contributed by atoms with Gasteiger partial charge in [0.2, 0.25) is 5.91 Å². The summed E-state index contributed by atoms with van der Waals surface area (Å²) in [5, 5.41) is 5.42. The van der Waals surface area contributed by atoms with Crippen molar-refractivity contribution in [1.82, 2.24) is 0 Å². The molecule has 2 aromatic carbocycles. The lowest BCUT2D eigenvalue weighted by molar-refractivity contribution is -0.114. The molecule has 0 bridgehead atoms. The van der Waals surface area contributed by atoms with Crippen molar-refractivity contribution in [3.8, 4) is 11.5 Å². The van der Waals surface area contributed by atoms with Gasteiger partial charge in [0.1, 0.15) is 11.5 Å². The van der Waals surface area contributed by atoms with Crippen LogP contribution in [-0.2, 0) is 4.79 Å². The van der Waals surface area contributed by atoms with Crippen LogP contribution < -0.4 is 20.1 Å². The first-order valence-electron chi connectivity index (χ1n) is 6.94. The summed E-state index contributed by atoms with van der Waals surface area (Å²) < 4.78 is 10.4. The van der Waals surface area contributed by atoms with Crippen LogP contribution in [0.3, 0.4) is 0 Å². The number of amides is 2. The van der Waals surface area contributed by atoms with Crippen molar-refractivity contribution in [2.75, 3.05) is 24.9 Å². The summed E-state index contributed by atoms with van der Waals surface area (Å²) in [6.07, 6.45) is 0. The van der Waals surface area contributed by atoms with Crippen LogP contribution in [0.5, 0.6) is 11.5 Å². The molecule has 0 aliphatic carbocycles. The fourth-order valence-corrected chi connectivity index (χ4v) is 2.04. The highest BCUT2D eigenvalue weighted by Crippen LogP contribution is 2.29. The molecule has 0 unspecified atom stereocenters. The van der Waals surface area contributed by atoms with Crippen molar-refractivity contribution in [3.05, 3.63) is 48.0 Å². The van der Waals surface area contributed by atoms with Gasteiger partial charge < -0.3 is 20.1 Å². The standard InChI is InChI=1S/C17H18N2O4/c1-11(20)18-13-6-4-5-12(9-13)17(21)19-15-8-7-14(22-2)10-16(15)23-3/h4-10H,1-3H3,(H,18,20)(H,19,21). The molecule has 0 atom stereocenters. The van der Waals surface area contributed by atoms with Gasteiger partial charge in [-0.05, 0) is 30.3 Å². The molecule has 0 saturated carbocycles. The fraction of sp³-hybridized carbons (Fsp3) is 0.176. The smallest absolute Gasteiger partial charge is 0.255 e. The van der Waals surface area contributed by atoms with Crippen LogP contribution in [0.1, 0.15) is 17.3 Å². The minimum atomic E-state index is -0.305. The summed E-state index contributed by atoms with van der Waals surface area (Å²) >= 11 is 0. The van der Waals surface area contributed by atoms with E-state index in [-0.39, 0.29) is 11.8 Å². The second-order valence-electron chi connectivity index (χ2n) is 4.78. The number of rotatable bonds is 5. The molecule has 6 heteroatoms. The van der Waals surface area contributed by atoms with Crippen LogP contribution in [0.2, 0.25) is 0 Å². The van der Waals surface area contributed by atoms with Gasteiger partial charge in [0, 0.05) is 24.2 Å². The van der Waals surface area contributed by atoms with Crippen molar-refractivity contribution in [2.45, 2.75) is 6.92 Å². The van der Waals surface area contributed by atoms with Gasteiger partial charge in [-0.1, -0.05) is 6.07 Å². The minimum Gasteiger partial charge on any atom is -0.497 e. The number of methoxy groups -OCH3 is 2. The van der Waals surface area contributed by atoms with E-state index in [0.717, 1.165) is 0 Å². The molecule has 0 saturated heterocycles. The molecule has 2 aromatic rings. The molecule has 23 heavy (non-hydrogen) atoms. The Balaban J connectivity index is 2.20. The molecule has 0 aromatic heterocycles. The van der Waals surface area contributed by atoms with Gasteiger partial charge in [0.15, 0.2) is 0 Å². The number of carbonyl (C=O) groups excluding carboxylic acids is 2. The number of anilines is 2. The van der Waals surface area contributed by atoms with Gasteiger partial charge in [-0.3, -0.25) is 9.59 Å². The number of hydrogen-bond acceptors (Lipinski definition) is 4. The summed E-state index contributed by atoms with van der Waals surface area (Å²) in [4.78, 5) is 23.5. The van der Waals surface area contributed by atoms with E-state index in [1.54, 1.807) is 49.6 Å². The van der Waals surface area contributed by atoms with E-state index in [1.807, 2.05) is 0 Å². The lowest BCUT2D eigenvalue weighted by atomic mass is 10.1. The first-order valence-corrected chi connectivity index (χ1v) is 6.94. The second-order valence-corrected chi connectivity index (χ2v) is 4.78. The molecular weight excluding hydrogens is 296 g/mol. The Morgan fingerprint density at radius 1 is 0.957 bits per heavy atom. The quantitative estimate of drug-likeness (QED) is 0.889. The third-order valence-electron chi connectivity index (χ3n) is 3.10. The third kappa shape index (κ3) is 4.23. The maximum Gasteiger partial charge on any atom is 0.255 e. The zero-order valence-corrected chi connectivity index (χ0v) is 13.2. The van der Waals surface area contributed by atoms with Crippen LogP contribution in [-0.4, -0.2) is 26.0 Å². The Bertz CT molecular complexity index is 728. The summed E-state index contributed by atoms with van der Waals surface area (Å²) in [7, 11) is 3.07. The maximum absolute atomic E-state index is 12.4. The first-order chi connectivity index (χ1) is 11.0. The molecular formula is C17H18N2O4. The van der Waals surface area contributed by atoms with Gasteiger partial charge in [0.05, 0.1) is 19.9 Å². The van der Waals surface area contributed by atoms with Gasteiger partial charge >= 0.3 is 0 Å². The van der Waals surface area contributed by atoms with Gasteiger partial charge in [0.25, 0.3) is 5.91 Å². The molecule has 2 rings (SSSR count). The van der Waals surface area contributed by atoms with E-state index in [9.17, 15) is 9.59 Å². The highest BCUT2D eigenvalue weighted by Gasteiger charge is 2.11. The van der Waals surface area contributed by atoms with E-state index >= 15 is 0 Å². The molecule has 0 aliphatic rings. The highest BCUT2D eigenvalue weighted by atomic mass is 16.5. The average Bonchev–Trinajstić information content (AvgIpc) is 2.54. The number of carbonyl (C=O) groups is 2. The number of nitrogens with one attached hydrogen (secondary N) is 2. The first kappa shape index (κ1) is 16.4. The SMILES string of the molecule is COc1ccc(NC(=O)c2cccc(NC(C)=O)c2)c(OC)c1. The lowest BCUT2D eigenvalue weighted by Gasteiger charge is -2.12. The van der Waals surface area contributed by atoms with Crippen molar-refractivity contribution in [1.29, 1.82) is 0 Å². The lowest BCUT2D eigenvalue weighted by Crippen LogP contribution is -2.13. The Morgan fingerprint density at radius 3 is 2.39 bits per heavy atom.